The van der Waals surface area contributed by atoms with Gasteiger partial charge in [0.2, 0.25) is 0 Å². The maximum atomic E-state index is 11.8. The number of aromatic nitrogens is 1. The summed E-state index contributed by atoms with van der Waals surface area (Å²) in [5.41, 5.74) is 0. The Kier molecular flexibility index (Phi) is 4.70. The molecule has 0 bridgehead atoms. The van der Waals surface area contributed by atoms with Crippen molar-refractivity contribution in [2.75, 3.05) is 29.2 Å². The van der Waals surface area contributed by atoms with Gasteiger partial charge >= 0.3 is 0 Å². The molecule has 0 aromatic carbocycles. The van der Waals surface area contributed by atoms with Crippen molar-refractivity contribution in [2.24, 2.45) is 0 Å². The van der Waals surface area contributed by atoms with E-state index < -0.39 is 15.2 Å². The minimum absolute atomic E-state index is 0.294. The van der Waals surface area contributed by atoms with Crippen LogP contribution >= 0.6 is 46.3 Å². The molecular weight excluding hydrogens is 335 g/mol. The lowest BCUT2D eigenvalue weighted by molar-refractivity contribution is 0.584. The number of sulfone groups is 1. The number of thioether (sulfide) groups is 1. The van der Waals surface area contributed by atoms with Crippen LogP contribution in [0.25, 0.3) is 0 Å². The smallest absolute Gasteiger partial charge is 0.188 e. The second-order valence-electron chi connectivity index (χ2n) is 3.90. The molecule has 1 aromatic rings. The summed E-state index contributed by atoms with van der Waals surface area (Å²) < 4.78 is 23.6. The number of hydrogen-bond donors (Lipinski definition) is 0. The van der Waals surface area contributed by atoms with Crippen LogP contribution in [0.4, 0.5) is 5.13 Å². The highest BCUT2D eigenvalue weighted by Gasteiger charge is 2.33. The van der Waals surface area contributed by atoms with Gasteiger partial charge in [0, 0.05) is 24.3 Å². The summed E-state index contributed by atoms with van der Waals surface area (Å²) >= 11 is 14.7. The summed E-state index contributed by atoms with van der Waals surface area (Å²) in [5, 5.41) is 0.489. The predicted molar refractivity (Wildman–Crippen MR) is 80.0 cm³/mol. The average Bonchev–Trinajstić information content (AvgIpc) is 2.69. The first-order valence-electron chi connectivity index (χ1n) is 5.18. The quantitative estimate of drug-likeness (QED) is 0.786. The normalized spacial score (nSPS) is 21.3. The van der Waals surface area contributed by atoms with Crippen molar-refractivity contribution in [1.29, 1.82) is 0 Å². The molecule has 0 N–H and O–H groups in total. The molecule has 1 aliphatic heterocycles. The standard InChI is InChI=1S/C9H12Cl2N2O2S3/c1-18(14,15)7-5-16-3-2-13(7)9-12-8(11)6(4-10)17-9/h7H,2-5H2,1H3. The fraction of sp³-hybridized carbons (Fsp3) is 0.667. The van der Waals surface area contributed by atoms with Crippen LogP contribution < -0.4 is 4.90 Å². The van der Waals surface area contributed by atoms with E-state index in [1.54, 1.807) is 11.8 Å². The van der Waals surface area contributed by atoms with E-state index in [9.17, 15) is 8.42 Å². The second-order valence-corrected chi connectivity index (χ2v) is 8.94. The Balaban J connectivity index is 2.34. The van der Waals surface area contributed by atoms with E-state index in [1.165, 1.54) is 17.6 Å². The zero-order valence-corrected chi connectivity index (χ0v) is 13.6. The Morgan fingerprint density at radius 2 is 2.28 bits per heavy atom. The summed E-state index contributed by atoms with van der Waals surface area (Å²) in [7, 11) is -3.14. The summed E-state index contributed by atoms with van der Waals surface area (Å²) in [6, 6.07) is 0. The van der Waals surface area contributed by atoms with Crippen molar-refractivity contribution in [2.45, 2.75) is 11.3 Å². The molecule has 1 atom stereocenters. The van der Waals surface area contributed by atoms with E-state index >= 15 is 0 Å². The molecule has 0 spiro atoms. The second kappa shape index (κ2) is 5.75. The molecule has 1 aliphatic rings. The first-order valence-corrected chi connectivity index (χ1v) is 10.0. The van der Waals surface area contributed by atoms with Crippen molar-refractivity contribution in [3.63, 3.8) is 0 Å². The summed E-state index contributed by atoms with van der Waals surface area (Å²) in [4.78, 5) is 6.82. The minimum Gasteiger partial charge on any atom is -0.329 e. The summed E-state index contributed by atoms with van der Waals surface area (Å²) in [5.74, 6) is 1.74. The van der Waals surface area contributed by atoms with E-state index in [0.717, 1.165) is 10.6 Å². The molecule has 1 saturated heterocycles. The fourth-order valence-electron chi connectivity index (χ4n) is 1.68. The molecule has 0 saturated carbocycles. The van der Waals surface area contributed by atoms with Gasteiger partial charge in [-0.15, -0.1) is 11.6 Å². The zero-order chi connectivity index (χ0) is 13.3. The van der Waals surface area contributed by atoms with Crippen LogP contribution in [-0.2, 0) is 15.7 Å². The molecule has 0 aliphatic carbocycles. The molecule has 102 valence electrons. The Morgan fingerprint density at radius 3 is 2.83 bits per heavy atom. The van der Waals surface area contributed by atoms with Gasteiger partial charge in [0.1, 0.15) is 10.5 Å². The van der Waals surface area contributed by atoms with Crippen molar-refractivity contribution in [3.8, 4) is 0 Å². The fourth-order valence-corrected chi connectivity index (χ4v) is 6.12. The summed E-state index contributed by atoms with van der Waals surface area (Å²) in [6.07, 6.45) is 1.26. The van der Waals surface area contributed by atoms with Crippen molar-refractivity contribution < 1.29 is 8.42 Å². The van der Waals surface area contributed by atoms with Gasteiger partial charge in [0.05, 0.1) is 10.8 Å². The third-order valence-corrected chi connectivity index (χ3v) is 7.17. The van der Waals surface area contributed by atoms with Crippen molar-refractivity contribution >= 4 is 61.3 Å². The Morgan fingerprint density at radius 1 is 1.56 bits per heavy atom. The number of thiazole rings is 1. The largest absolute Gasteiger partial charge is 0.329 e. The number of hydrogen-bond acceptors (Lipinski definition) is 6. The molecule has 1 aromatic heterocycles. The average molecular weight is 347 g/mol. The summed E-state index contributed by atoms with van der Waals surface area (Å²) in [6.45, 7) is 0.661. The van der Waals surface area contributed by atoms with Gasteiger partial charge in [0.15, 0.2) is 15.0 Å². The van der Waals surface area contributed by atoms with Crippen LogP contribution in [0.5, 0.6) is 0 Å². The maximum Gasteiger partial charge on any atom is 0.188 e. The highest BCUT2D eigenvalue weighted by atomic mass is 35.5. The third kappa shape index (κ3) is 3.07. The van der Waals surface area contributed by atoms with E-state index in [0.29, 0.717) is 28.5 Å². The van der Waals surface area contributed by atoms with Crippen LogP contribution in [0.15, 0.2) is 0 Å². The Bertz CT molecular complexity index is 532. The van der Waals surface area contributed by atoms with Crippen LogP contribution in [0, 0.1) is 0 Å². The number of nitrogens with zero attached hydrogens (tertiary/aromatic N) is 2. The van der Waals surface area contributed by atoms with Gasteiger partial charge in [-0.05, 0) is 0 Å². The number of anilines is 1. The van der Waals surface area contributed by atoms with Gasteiger partial charge in [-0.3, -0.25) is 0 Å². The molecule has 1 unspecified atom stereocenters. The highest BCUT2D eigenvalue weighted by Crippen LogP contribution is 2.34. The maximum absolute atomic E-state index is 11.8. The molecular formula is C9H12Cl2N2O2S3. The first kappa shape index (κ1) is 14.7. The van der Waals surface area contributed by atoms with Crippen LogP contribution in [0.2, 0.25) is 5.15 Å². The predicted octanol–water partition coefficient (Wildman–Crippen LogP) is 2.46. The number of rotatable bonds is 3. The van der Waals surface area contributed by atoms with E-state index in [4.69, 9.17) is 23.2 Å². The number of halogens is 2. The minimum atomic E-state index is -3.14. The molecule has 9 heteroatoms. The molecule has 0 radical (unpaired) electrons. The Hall–Kier alpha value is 0.310. The lowest BCUT2D eigenvalue weighted by Gasteiger charge is -2.33. The van der Waals surface area contributed by atoms with Crippen molar-refractivity contribution in [3.05, 3.63) is 10.0 Å². The SMILES string of the molecule is CS(=O)(=O)C1CSCCN1c1nc(Cl)c(CCl)s1. The molecule has 18 heavy (non-hydrogen) atoms. The van der Waals surface area contributed by atoms with E-state index in [-0.39, 0.29) is 0 Å². The monoisotopic (exact) mass is 346 g/mol. The van der Waals surface area contributed by atoms with Gasteiger partial charge in [-0.2, -0.15) is 11.8 Å². The van der Waals surface area contributed by atoms with Crippen LogP contribution in [-0.4, -0.2) is 43.1 Å². The molecule has 2 rings (SSSR count). The van der Waals surface area contributed by atoms with Gasteiger partial charge in [-0.25, -0.2) is 13.4 Å². The Labute approximate surface area is 125 Å². The zero-order valence-electron chi connectivity index (χ0n) is 9.60. The number of alkyl halides is 1. The topological polar surface area (TPSA) is 50.3 Å². The van der Waals surface area contributed by atoms with Crippen LogP contribution in [0.3, 0.4) is 0 Å². The van der Waals surface area contributed by atoms with Gasteiger partial charge in [-0.1, -0.05) is 22.9 Å². The third-order valence-electron chi connectivity index (χ3n) is 2.58. The van der Waals surface area contributed by atoms with Gasteiger partial charge < -0.3 is 4.90 Å². The lowest BCUT2D eigenvalue weighted by Crippen LogP contribution is -2.47. The molecule has 0 amide bonds. The lowest BCUT2D eigenvalue weighted by atomic mass is 10.5. The molecule has 2 heterocycles. The molecule has 1 fully saturated rings. The highest BCUT2D eigenvalue weighted by molar-refractivity contribution is 8.01. The van der Waals surface area contributed by atoms with Crippen LogP contribution in [0.1, 0.15) is 4.88 Å². The molecule has 4 nitrogen and oxygen atoms in total. The van der Waals surface area contributed by atoms with Gasteiger partial charge in [0.25, 0.3) is 0 Å². The first-order chi connectivity index (χ1) is 8.43. The van der Waals surface area contributed by atoms with E-state index in [2.05, 4.69) is 4.98 Å². The van der Waals surface area contributed by atoms with Crippen molar-refractivity contribution in [1.82, 2.24) is 4.98 Å². The van der Waals surface area contributed by atoms with E-state index in [1.807, 2.05) is 4.90 Å².